The van der Waals surface area contributed by atoms with Crippen molar-refractivity contribution < 1.29 is 24.2 Å². The molecule has 0 fully saturated rings. The summed E-state index contributed by atoms with van der Waals surface area (Å²) in [5, 5.41) is 13.4. The summed E-state index contributed by atoms with van der Waals surface area (Å²) in [6, 6.07) is 6.18. The minimum Gasteiger partial charge on any atom is -0.480 e. The number of carboxylic acids is 1. The Morgan fingerprint density at radius 1 is 1.18 bits per heavy atom. The highest BCUT2D eigenvalue weighted by molar-refractivity contribution is 5.97. The molecule has 2 amide bonds. The Labute approximate surface area is 128 Å². The van der Waals surface area contributed by atoms with Crippen molar-refractivity contribution in [2.45, 2.75) is 26.4 Å². The summed E-state index contributed by atoms with van der Waals surface area (Å²) in [4.78, 5) is 33.6. The Bertz CT molecular complexity index is 525. The molecule has 1 aromatic carbocycles. The molecular formula is C15H20N2O5. The number of aliphatic carboxylic acids is 1. The molecule has 0 spiro atoms. The number of nitrogens with one attached hydrogen (secondary N) is 2. The number of carbonyl (C=O) groups is 3. The number of hydrogen-bond donors (Lipinski definition) is 3. The topological polar surface area (TPSA) is 105 Å². The lowest BCUT2D eigenvalue weighted by Gasteiger charge is -2.08. The van der Waals surface area contributed by atoms with Gasteiger partial charge in [-0.15, -0.1) is 0 Å². The lowest BCUT2D eigenvalue weighted by molar-refractivity contribution is -0.135. The van der Waals surface area contributed by atoms with Crippen molar-refractivity contribution in [3.8, 4) is 0 Å². The number of carboxylic acid groups (broad SMARTS) is 1. The van der Waals surface area contributed by atoms with Gasteiger partial charge >= 0.3 is 5.97 Å². The number of hydrogen-bond acceptors (Lipinski definition) is 4. The van der Waals surface area contributed by atoms with Crippen LogP contribution in [0, 0.1) is 0 Å². The fraction of sp³-hybridized carbons (Fsp3) is 0.400. The highest BCUT2D eigenvalue weighted by Gasteiger charge is 2.08. The van der Waals surface area contributed by atoms with Crippen molar-refractivity contribution in [3.63, 3.8) is 0 Å². The second kappa shape index (κ2) is 8.78. The van der Waals surface area contributed by atoms with Crippen LogP contribution in [0.5, 0.6) is 0 Å². The molecule has 0 aliphatic heterocycles. The summed E-state index contributed by atoms with van der Waals surface area (Å²) in [5.74, 6) is -1.77. The van der Waals surface area contributed by atoms with Gasteiger partial charge in [0.25, 0.3) is 5.91 Å². The molecule has 7 heteroatoms. The van der Waals surface area contributed by atoms with Gasteiger partial charge < -0.3 is 20.5 Å². The van der Waals surface area contributed by atoms with E-state index in [1.54, 1.807) is 12.1 Å². The molecule has 1 aromatic rings. The quantitative estimate of drug-likeness (QED) is 0.670. The molecule has 0 aliphatic carbocycles. The van der Waals surface area contributed by atoms with Crippen LogP contribution in [0.4, 0.5) is 5.69 Å². The van der Waals surface area contributed by atoms with Gasteiger partial charge in [-0.1, -0.05) is 0 Å². The lowest BCUT2D eigenvalue weighted by Crippen LogP contribution is -2.29. The van der Waals surface area contributed by atoms with Gasteiger partial charge in [0.15, 0.2) is 0 Å². The summed E-state index contributed by atoms with van der Waals surface area (Å²) >= 11 is 0. The largest absolute Gasteiger partial charge is 0.480 e. The molecule has 0 atom stereocenters. The van der Waals surface area contributed by atoms with Crippen LogP contribution in [-0.2, 0) is 14.3 Å². The molecule has 22 heavy (non-hydrogen) atoms. The van der Waals surface area contributed by atoms with E-state index in [-0.39, 0.29) is 18.4 Å². The van der Waals surface area contributed by atoms with E-state index in [1.165, 1.54) is 12.1 Å². The van der Waals surface area contributed by atoms with E-state index < -0.39 is 18.4 Å². The molecule has 3 N–H and O–H groups in total. The van der Waals surface area contributed by atoms with Gasteiger partial charge in [0.2, 0.25) is 5.91 Å². The van der Waals surface area contributed by atoms with E-state index in [4.69, 9.17) is 9.84 Å². The van der Waals surface area contributed by atoms with E-state index >= 15 is 0 Å². The van der Waals surface area contributed by atoms with E-state index in [2.05, 4.69) is 10.6 Å². The summed E-state index contributed by atoms with van der Waals surface area (Å²) in [6.07, 6.45) is 0.329. The van der Waals surface area contributed by atoms with E-state index in [9.17, 15) is 14.4 Å². The van der Waals surface area contributed by atoms with Gasteiger partial charge in [0.1, 0.15) is 6.54 Å². The molecule has 0 aliphatic rings. The average molecular weight is 308 g/mol. The minimum absolute atomic E-state index is 0.0800. The number of amides is 2. The van der Waals surface area contributed by atoms with E-state index in [0.717, 1.165) is 0 Å². The van der Waals surface area contributed by atoms with Gasteiger partial charge in [0.05, 0.1) is 19.1 Å². The zero-order valence-electron chi connectivity index (χ0n) is 12.6. The van der Waals surface area contributed by atoms with Gasteiger partial charge in [-0.05, 0) is 38.1 Å². The Kier molecular flexibility index (Phi) is 7.04. The number of benzene rings is 1. The molecular weight excluding hydrogens is 288 g/mol. The first-order valence-corrected chi connectivity index (χ1v) is 6.90. The van der Waals surface area contributed by atoms with E-state index in [0.29, 0.717) is 17.9 Å². The van der Waals surface area contributed by atoms with Gasteiger partial charge in [-0.3, -0.25) is 14.4 Å². The monoisotopic (exact) mass is 308 g/mol. The highest BCUT2D eigenvalue weighted by Crippen LogP contribution is 2.10. The number of rotatable bonds is 8. The maximum absolute atomic E-state index is 11.7. The zero-order valence-corrected chi connectivity index (χ0v) is 12.6. The predicted octanol–water partition coefficient (Wildman–Crippen LogP) is 1.25. The van der Waals surface area contributed by atoms with Crippen LogP contribution in [0.3, 0.4) is 0 Å². The predicted molar refractivity (Wildman–Crippen MR) is 80.7 cm³/mol. The van der Waals surface area contributed by atoms with E-state index in [1.807, 2.05) is 13.8 Å². The van der Waals surface area contributed by atoms with Crippen LogP contribution < -0.4 is 10.6 Å². The molecule has 7 nitrogen and oxygen atoms in total. The van der Waals surface area contributed by atoms with Crippen LogP contribution in [-0.4, -0.2) is 42.1 Å². The Balaban J connectivity index is 2.45. The molecule has 0 unspecified atom stereocenters. The van der Waals surface area contributed by atoms with Gasteiger partial charge in [0, 0.05) is 11.3 Å². The van der Waals surface area contributed by atoms with Crippen LogP contribution in [0.2, 0.25) is 0 Å². The smallest absolute Gasteiger partial charge is 0.322 e. The third kappa shape index (κ3) is 6.85. The van der Waals surface area contributed by atoms with Gasteiger partial charge in [-0.2, -0.15) is 0 Å². The second-order valence-corrected chi connectivity index (χ2v) is 4.87. The number of carbonyl (C=O) groups excluding carboxylic acids is 2. The fourth-order valence-electron chi connectivity index (χ4n) is 1.57. The van der Waals surface area contributed by atoms with Crippen molar-refractivity contribution in [2.24, 2.45) is 0 Å². The molecule has 0 radical (unpaired) electrons. The second-order valence-electron chi connectivity index (χ2n) is 4.87. The van der Waals surface area contributed by atoms with Gasteiger partial charge in [-0.25, -0.2) is 0 Å². The minimum atomic E-state index is -1.11. The summed E-state index contributed by atoms with van der Waals surface area (Å²) in [5.41, 5.74) is 0.881. The standard InChI is InChI=1S/C15H20N2O5/c1-10(2)22-8-7-13(18)17-12-5-3-11(4-6-12)15(21)16-9-14(19)20/h3-6,10H,7-9H2,1-2H3,(H,16,21)(H,17,18)(H,19,20). The molecule has 0 heterocycles. The molecule has 120 valence electrons. The highest BCUT2D eigenvalue weighted by atomic mass is 16.5. The molecule has 1 rings (SSSR count). The Hall–Kier alpha value is -2.41. The first-order valence-electron chi connectivity index (χ1n) is 6.90. The summed E-state index contributed by atoms with van der Waals surface area (Å²) in [7, 11) is 0. The molecule has 0 aromatic heterocycles. The van der Waals surface area contributed by atoms with Crippen molar-refractivity contribution in [2.75, 3.05) is 18.5 Å². The molecule has 0 saturated carbocycles. The third-order valence-electron chi connectivity index (χ3n) is 2.61. The summed E-state index contributed by atoms with van der Waals surface area (Å²) < 4.78 is 5.29. The zero-order chi connectivity index (χ0) is 16.5. The first-order chi connectivity index (χ1) is 10.4. The maximum atomic E-state index is 11.7. The maximum Gasteiger partial charge on any atom is 0.322 e. The van der Waals surface area contributed by atoms with Crippen molar-refractivity contribution in [3.05, 3.63) is 29.8 Å². The fourth-order valence-corrected chi connectivity index (χ4v) is 1.57. The normalized spacial score (nSPS) is 10.3. The third-order valence-corrected chi connectivity index (χ3v) is 2.61. The Morgan fingerprint density at radius 2 is 1.82 bits per heavy atom. The van der Waals surface area contributed by atoms with Crippen LogP contribution in [0.15, 0.2) is 24.3 Å². The first kappa shape index (κ1) is 17.6. The molecule has 0 saturated heterocycles. The van der Waals surface area contributed by atoms with Crippen molar-refractivity contribution >= 4 is 23.5 Å². The number of ether oxygens (including phenoxy) is 1. The van der Waals surface area contributed by atoms with Crippen molar-refractivity contribution in [1.82, 2.24) is 5.32 Å². The summed E-state index contributed by atoms with van der Waals surface area (Å²) in [6.45, 7) is 3.70. The van der Waals surface area contributed by atoms with Crippen LogP contribution >= 0.6 is 0 Å². The Morgan fingerprint density at radius 3 is 2.36 bits per heavy atom. The lowest BCUT2D eigenvalue weighted by atomic mass is 10.2. The van der Waals surface area contributed by atoms with Crippen molar-refractivity contribution in [1.29, 1.82) is 0 Å². The number of anilines is 1. The molecule has 0 bridgehead atoms. The van der Waals surface area contributed by atoms with Crippen LogP contribution in [0.1, 0.15) is 30.6 Å². The average Bonchev–Trinajstić information content (AvgIpc) is 2.45. The SMILES string of the molecule is CC(C)OCCC(=O)Nc1ccc(C(=O)NCC(=O)O)cc1. The van der Waals surface area contributed by atoms with Crippen LogP contribution in [0.25, 0.3) is 0 Å².